The highest BCUT2D eigenvalue weighted by Crippen LogP contribution is 2.40. The van der Waals surface area contributed by atoms with Crippen LogP contribution in [0.5, 0.6) is 0 Å². The van der Waals surface area contributed by atoms with Gasteiger partial charge in [-0.05, 0) is 57.0 Å². The number of amides is 1. The average molecular weight is 442 g/mol. The first-order valence-corrected chi connectivity index (χ1v) is 10.3. The summed E-state index contributed by atoms with van der Waals surface area (Å²) in [7, 11) is 0. The Hall–Kier alpha value is -1.93. The van der Waals surface area contributed by atoms with E-state index >= 15 is 0 Å². The van der Waals surface area contributed by atoms with Crippen molar-refractivity contribution in [3.63, 3.8) is 0 Å². The molecule has 1 aliphatic carbocycles. The molecule has 2 aliphatic rings. The number of hydrogen-bond acceptors (Lipinski definition) is 6. The molecule has 2 aromatic rings. The predicted molar refractivity (Wildman–Crippen MR) is 109 cm³/mol. The maximum absolute atomic E-state index is 14.4. The first-order valence-electron chi connectivity index (χ1n) is 9.54. The van der Waals surface area contributed by atoms with Gasteiger partial charge >= 0.3 is 6.09 Å². The minimum Gasteiger partial charge on any atom is -0.444 e. The Morgan fingerprint density at radius 2 is 1.90 bits per heavy atom. The Labute approximate surface area is 177 Å². The lowest BCUT2D eigenvalue weighted by molar-refractivity contribution is 0.0472. The van der Waals surface area contributed by atoms with Gasteiger partial charge < -0.3 is 15.0 Å². The van der Waals surface area contributed by atoms with Crippen LogP contribution in [-0.4, -0.2) is 45.8 Å². The third-order valence-electron chi connectivity index (χ3n) is 5.41. The number of halogens is 3. The van der Waals surface area contributed by atoms with Gasteiger partial charge in [0.1, 0.15) is 16.9 Å². The van der Waals surface area contributed by atoms with Crippen LogP contribution in [0.4, 0.5) is 15.0 Å². The van der Waals surface area contributed by atoms with E-state index < -0.39 is 17.5 Å². The van der Waals surface area contributed by atoms with Crippen molar-refractivity contribution in [1.82, 2.24) is 20.3 Å². The number of hydrogen-bond donors (Lipinski definition) is 1. The van der Waals surface area contributed by atoms with Gasteiger partial charge in [-0.25, -0.2) is 19.2 Å². The largest absolute Gasteiger partial charge is 0.444 e. The topological polar surface area (TPSA) is 80.2 Å². The molecular weight excluding hydrogens is 420 g/mol. The summed E-state index contributed by atoms with van der Waals surface area (Å²) in [4.78, 5) is 26.5. The van der Waals surface area contributed by atoms with Crippen molar-refractivity contribution in [1.29, 1.82) is 0 Å². The molecule has 3 heterocycles. The minimum absolute atomic E-state index is 0.0361. The van der Waals surface area contributed by atoms with Crippen LogP contribution in [0.2, 0.25) is 10.4 Å². The monoisotopic (exact) mass is 441 g/mol. The number of pyridine rings is 1. The molecule has 1 aliphatic heterocycles. The standard InChI is InChI=1S/C19H22Cl2FN5O2/c1-19(2,3)29-18(28)25-13-9-4-5-10(13)8-27(7-9)16-11-6-23-15(20)12(22)14(11)24-17(21)26-16/h6,9-10,13H,4-5,7-8H2,1-3H3,(H,25,28). The molecule has 7 nitrogen and oxygen atoms in total. The third-order valence-corrected chi connectivity index (χ3v) is 5.84. The van der Waals surface area contributed by atoms with Gasteiger partial charge in [-0.2, -0.15) is 4.98 Å². The molecule has 0 aromatic carbocycles. The number of aromatic nitrogens is 3. The first-order chi connectivity index (χ1) is 13.6. The van der Waals surface area contributed by atoms with Gasteiger partial charge in [-0.15, -0.1) is 0 Å². The van der Waals surface area contributed by atoms with E-state index in [1.165, 1.54) is 6.20 Å². The van der Waals surface area contributed by atoms with E-state index in [2.05, 4.69) is 25.2 Å². The van der Waals surface area contributed by atoms with E-state index in [4.69, 9.17) is 27.9 Å². The minimum atomic E-state index is -0.709. The van der Waals surface area contributed by atoms with Crippen LogP contribution in [0.1, 0.15) is 33.6 Å². The highest BCUT2D eigenvalue weighted by atomic mass is 35.5. The van der Waals surface area contributed by atoms with Crippen molar-refractivity contribution >= 4 is 46.0 Å². The molecule has 4 rings (SSSR count). The molecule has 2 fully saturated rings. The molecule has 156 valence electrons. The molecule has 2 unspecified atom stereocenters. The van der Waals surface area contributed by atoms with E-state index in [9.17, 15) is 9.18 Å². The number of fused-ring (bicyclic) bond motifs is 3. The smallest absolute Gasteiger partial charge is 0.407 e. The molecule has 0 spiro atoms. The number of rotatable bonds is 2. The summed E-state index contributed by atoms with van der Waals surface area (Å²) in [6.07, 6.45) is 3.04. The fourth-order valence-corrected chi connectivity index (χ4v) is 4.61. The highest BCUT2D eigenvalue weighted by Gasteiger charge is 2.44. The molecule has 2 aromatic heterocycles. The van der Waals surface area contributed by atoms with Crippen LogP contribution < -0.4 is 10.2 Å². The van der Waals surface area contributed by atoms with Gasteiger partial charge in [-0.1, -0.05) is 11.6 Å². The fourth-order valence-electron chi connectivity index (χ4n) is 4.31. The first kappa shape index (κ1) is 20.3. The summed E-state index contributed by atoms with van der Waals surface area (Å²) < 4.78 is 19.8. The van der Waals surface area contributed by atoms with Crippen LogP contribution >= 0.6 is 23.2 Å². The summed E-state index contributed by atoms with van der Waals surface area (Å²) >= 11 is 11.9. The zero-order valence-electron chi connectivity index (χ0n) is 16.4. The lowest BCUT2D eigenvalue weighted by atomic mass is 9.92. The Bertz CT molecular complexity index is 954. The molecule has 10 heteroatoms. The highest BCUT2D eigenvalue weighted by molar-refractivity contribution is 6.30. The summed E-state index contributed by atoms with van der Waals surface area (Å²) in [6.45, 7) is 6.83. The molecule has 1 saturated heterocycles. The van der Waals surface area contributed by atoms with Gasteiger partial charge in [0.05, 0.1) is 5.39 Å². The van der Waals surface area contributed by atoms with Crippen LogP contribution in [-0.2, 0) is 4.74 Å². The molecule has 1 saturated carbocycles. The number of carbonyl (C=O) groups excluding carboxylic acids is 1. The second-order valence-corrected chi connectivity index (χ2v) is 9.31. The molecule has 29 heavy (non-hydrogen) atoms. The van der Waals surface area contributed by atoms with E-state index in [0.29, 0.717) is 24.3 Å². The number of piperidine rings is 1. The Kier molecular flexibility index (Phi) is 5.19. The van der Waals surface area contributed by atoms with Gasteiger partial charge in [0, 0.05) is 25.3 Å². The lowest BCUT2D eigenvalue weighted by Crippen LogP contribution is -2.53. The number of alkyl carbamates (subject to hydrolysis) is 1. The Morgan fingerprint density at radius 1 is 1.24 bits per heavy atom. The summed E-state index contributed by atoms with van der Waals surface area (Å²) in [5.74, 6) is 0.292. The normalized spacial score (nSPS) is 24.1. The van der Waals surface area contributed by atoms with E-state index in [1.807, 2.05) is 20.8 Å². The molecule has 0 radical (unpaired) electrons. The predicted octanol–water partition coefficient (Wildman–Crippen LogP) is 4.21. The summed E-state index contributed by atoms with van der Waals surface area (Å²) in [5, 5.41) is 3.21. The van der Waals surface area contributed by atoms with Crippen LogP contribution in [0.3, 0.4) is 0 Å². The molecular formula is C19H22Cl2FN5O2. The fraction of sp³-hybridized carbons (Fsp3) is 0.579. The van der Waals surface area contributed by atoms with Gasteiger partial charge in [0.2, 0.25) is 5.28 Å². The van der Waals surface area contributed by atoms with E-state index in [1.54, 1.807) is 0 Å². The zero-order chi connectivity index (χ0) is 20.9. The van der Waals surface area contributed by atoms with Crippen molar-refractivity contribution < 1.29 is 13.9 Å². The van der Waals surface area contributed by atoms with Crippen molar-refractivity contribution in [2.45, 2.75) is 45.3 Å². The van der Waals surface area contributed by atoms with E-state index in [0.717, 1.165) is 12.8 Å². The second kappa shape index (κ2) is 7.40. The van der Waals surface area contributed by atoms with Crippen molar-refractivity contribution in [3.8, 4) is 0 Å². The second-order valence-electron chi connectivity index (χ2n) is 8.62. The lowest BCUT2D eigenvalue weighted by Gasteiger charge is -2.39. The van der Waals surface area contributed by atoms with Crippen molar-refractivity contribution in [2.75, 3.05) is 18.0 Å². The number of nitrogens with one attached hydrogen (secondary N) is 1. The maximum atomic E-state index is 14.4. The van der Waals surface area contributed by atoms with E-state index in [-0.39, 0.29) is 33.8 Å². The Balaban J connectivity index is 1.58. The molecule has 2 bridgehead atoms. The van der Waals surface area contributed by atoms with Crippen molar-refractivity contribution in [3.05, 3.63) is 22.5 Å². The van der Waals surface area contributed by atoms with Crippen LogP contribution in [0.25, 0.3) is 10.9 Å². The zero-order valence-corrected chi connectivity index (χ0v) is 17.9. The number of ether oxygens (including phenoxy) is 1. The summed E-state index contributed by atoms with van der Waals surface area (Å²) in [6, 6.07) is 0.0361. The van der Waals surface area contributed by atoms with Crippen molar-refractivity contribution in [2.24, 2.45) is 11.8 Å². The number of nitrogens with zero attached hydrogens (tertiary/aromatic N) is 4. The molecule has 2 atom stereocenters. The third kappa shape index (κ3) is 4.05. The van der Waals surface area contributed by atoms with Gasteiger partial charge in [0.15, 0.2) is 11.0 Å². The molecule has 1 N–H and O–H groups in total. The van der Waals surface area contributed by atoms with Crippen LogP contribution in [0, 0.1) is 17.7 Å². The molecule has 1 amide bonds. The number of carbonyl (C=O) groups is 1. The SMILES string of the molecule is CC(C)(C)OC(=O)NC1C2CCC1CN(c1nc(Cl)nc3c(F)c(Cl)ncc13)C2. The maximum Gasteiger partial charge on any atom is 0.407 e. The quantitative estimate of drug-likeness (QED) is 0.555. The van der Waals surface area contributed by atoms with Crippen LogP contribution in [0.15, 0.2) is 6.20 Å². The Morgan fingerprint density at radius 3 is 2.52 bits per heavy atom. The van der Waals surface area contributed by atoms with Gasteiger partial charge in [0.25, 0.3) is 0 Å². The average Bonchev–Trinajstić information content (AvgIpc) is 2.85. The number of anilines is 1. The van der Waals surface area contributed by atoms with Gasteiger partial charge in [-0.3, -0.25) is 0 Å². The summed E-state index contributed by atoms with van der Waals surface area (Å²) in [5.41, 5.74) is -0.486.